The van der Waals surface area contributed by atoms with Gasteiger partial charge in [-0.25, -0.2) is 0 Å². The van der Waals surface area contributed by atoms with E-state index in [4.69, 9.17) is 28.1 Å². The molecule has 0 amide bonds. The van der Waals surface area contributed by atoms with Crippen LogP contribution in [-0.4, -0.2) is 61.6 Å². The van der Waals surface area contributed by atoms with Crippen LogP contribution < -0.4 is 78.3 Å². The van der Waals surface area contributed by atoms with Crippen molar-refractivity contribution in [3.8, 4) is 0 Å². The van der Waals surface area contributed by atoms with Crippen LogP contribution in [0.1, 0.15) is 0 Å². The summed E-state index contributed by atoms with van der Waals surface area (Å²) in [7, 11) is -7.26. The second kappa shape index (κ2) is 29.2. The maximum absolute atomic E-state index is 8.52. The first-order valence-electron chi connectivity index (χ1n) is 1.22. The number of hydrogen-bond acceptors (Lipinski definition) is 6. The molecule has 0 aliphatic carbocycles. The molecule has 56 valence electrons. The van der Waals surface area contributed by atoms with E-state index in [0.29, 0.717) is 0 Å². The quantitative estimate of drug-likeness (QED) is 0.391. The number of rotatable bonds is 0. The van der Waals surface area contributed by atoms with E-state index in [-0.39, 0.29) is 102 Å². The Bertz CT molecular complexity index is 77.4. The summed E-state index contributed by atoms with van der Waals surface area (Å²) in [5.41, 5.74) is 0. The molecule has 0 heterocycles. The van der Waals surface area contributed by atoms with Crippen molar-refractivity contribution in [3.63, 3.8) is 0 Å². The minimum absolute atomic E-state index is 0. The summed E-state index contributed by atoms with van der Waals surface area (Å²) >= 11 is 0. The van der Waals surface area contributed by atoms with E-state index in [1.54, 1.807) is 0 Å². The van der Waals surface area contributed by atoms with E-state index in [9.17, 15) is 0 Å². The molecule has 0 aliphatic rings. The monoisotopic (exact) mass is 256 g/mol. The summed E-state index contributed by atoms with van der Waals surface area (Å²) < 4.78 is 17.0. The van der Waals surface area contributed by atoms with Crippen molar-refractivity contribution in [2.75, 3.05) is 0 Å². The van der Waals surface area contributed by atoms with Crippen LogP contribution in [0.5, 0.6) is 0 Å². The fourth-order valence-electron chi connectivity index (χ4n) is 0. The summed E-state index contributed by atoms with van der Waals surface area (Å²) in [6.07, 6.45) is 0. The summed E-state index contributed by atoms with van der Waals surface area (Å²) in [6, 6.07) is 0. The Kier molecular flexibility index (Phi) is 89.1. The summed E-state index contributed by atoms with van der Waals surface area (Å²) in [4.78, 5) is 34.1. The Labute approximate surface area is 146 Å². The number of hydrogen-bond donors (Lipinski definition) is 0. The first kappa shape index (κ1) is 36.6. The SMILES string of the molecule is O.O=[Si]([O-])[O-].O=[Si]([O-])[O-].[Ca+2].[Na+].[Na+]. The van der Waals surface area contributed by atoms with Crippen LogP contribution in [0.2, 0.25) is 0 Å². The molecule has 0 aromatic heterocycles. The average Bonchev–Trinajstić information content (AvgIpc) is 1.25. The molecule has 0 atom stereocenters. The molecule has 0 aromatic rings. The Morgan fingerprint density at radius 1 is 0.750 bits per heavy atom. The molecule has 0 aliphatic heterocycles. The molecule has 2 N–H and O–H groups in total. The fourth-order valence-corrected chi connectivity index (χ4v) is 0. The van der Waals surface area contributed by atoms with Crippen molar-refractivity contribution >= 4 is 56.1 Å². The van der Waals surface area contributed by atoms with Crippen LogP contribution >= 0.6 is 0 Å². The smallest absolute Gasteiger partial charge is 0.672 e. The molecule has 0 spiro atoms. The van der Waals surface area contributed by atoms with Gasteiger partial charge in [-0.3, -0.25) is 0 Å². The summed E-state index contributed by atoms with van der Waals surface area (Å²) in [6.45, 7) is 0. The summed E-state index contributed by atoms with van der Waals surface area (Å²) in [5, 5.41) is 0. The maximum Gasteiger partial charge on any atom is 2.00 e. The van der Waals surface area contributed by atoms with Crippen LogP contribution in [0, 0.1) is 0 Å². The predicted molar refractivity (Wildman–Crippen MR) is 22.2 cm³/mol. The molecule has 0 bridgehead atoms. The summed E-state index contributed by atoms with van der Waals surface area (Å²) in [5.74, 6) is 0. The molecular weight excluding hydrogens is 254 g/mol. The van der Waals surface area contributed by atoms with Gasteiger partial charge in [-0.2, -0.15) is 0 Å². The van der Waals surface area contributed by atoms with Gasteiger partial charge in [-0.05, 0) is 0 Å². The van der Waals surface area contributed by atoms with Crippen molar-refractivity contribution < 1.29 is 92.7 Å². The van der Waals surface area contributed by atoms with Gasteiger partial charge in [-0.1, -0.05) is 0 Å². The van der Waals surface area contributed by atoms with Crippen molar-refractivity contribution in [2.24, 2.45) is 0 Å². The van der Waals surface area contributed by atoms with Crippen LogP contribution in [0.15, 0.2) is 0 Å². The van der Waals surface area contributed by atoms with Crippen LogP contribution in [0.4, 0.5) is 0 Å². The largest absolute Gasteiger partial charge is 2.00 e. The molecule has 0 saturated heterocycles. The van der Waals surface area contributed by atoms with Crippen molar-refractivity contribution in [1.82, 2.24) is 0 Å². The van der Waals surface area contributed by atoms with E-state index in [0.717, 1.165) is 0 Å². The van der Waals surface area contributed by atoms with Gasteiger partial charge in [-0.15, -0.1) is 0 Å². The molecular formula is H2CaNa2O7Si2. The van der Waals surface area contributed by atoms with Crippen LogP contribution in [-0.2, 0) is 8.92 Å². The molecule has 0 aromatic carbocycles. The predicted octanol–water partition coefficient (Wildman–Crippen LogP) is -13.0. The molecule has 0 unspecified atom stereocenters. The van der Waals surface area contributed by atoms with Gasteiger partial charge in [0, 0.05) is 18.3 Å². The van der Waals surface area contributed by atoms with E-state index in [1.165, 1.54) is 0 Å². The zero-order valence-corrected chi connectivity index (χ0v) is 14.9. The van der Waals surface area contributed by atoms with E-state index < -0.39 is 18.3 Å². The molecule has 12 heteroatoms. The van der Waals surface area contributed by atoms with Gasteiger partial charge in [0.05, 0.1) is 0 Å². The van der Waals surface area contributed by atoms with Gasteiger partial charge in [0.25, 0.3) is 0 Å². The Morgan fingerprint density at radius 2 is 0.750 bits per heavy atom. The van der Waals surface area contributed by atoms with Crippen molar-refractivity contribution in [1.29, 1.82) is 0 Å². The molecule has 0 saturated carbocycles. The van der Waals surface area contributed by atoms with E-state index >= 15 is 0 Å². The third-order valence-corrected chi connectivity index (χ3v) is 0. The molecule has 7 nitrogen and oxygen atoms in total. The van der Waals surface area contributed by atoms with Crippen LogP contribution in [0.25, 0.3) is 0 Å². The molecule has 12 heavy (non-hydrogen) atoms. The zero-order chi connectivity index (χ0) is 7.15. The van der Waals surface area contributed by atoms with Crippen molar-refractivity contribution in [2.45, 2.75) is 0 Å². The topological polar surface area (TPSA) is 158 Å². The standard InChI is InChI=1S/Ca.2Na.2O3Si.H2O/c;;;2*1-4(2)3;/h;;;;;1H2/q+2;2*+1;2*-2;. The zero-order valence-electron chi connectivity index (χ0n) is 6.66. The second-order valence-corrected chi connectivity index (χ2v) is 1.50. The van der Waals surface area contributed by atoms with E-state index in [1.807, 2.05) is 0 Å². The maximum atomic E-state index is 8.52. The molecule has 0 fully saturated rings. The first-order chi connectivity index (χ1) is 3.46. The van der Waals surface area contributed by atoms with Crippen molar-refractivity contribution in [3.05, 3.63) is 0 Å². The Morgan fingerprint density at radius 3 is 0.750 bits per heavy atom. The van der Waals surface area contributed by atoms with Gasteiger partial charge in [0.15, 0.2) is 0 Å². The Hall–Kier alpha value is 2.45. The van der Waals surface area contributed by atoms with Gasteiger partial charge in [0.1, 0.15) is 0 Å². The average molecular weight is 256 g/mol. The van der Waals surface area contributed by atoms with Crippen LogP contribution in [0.3, 0.4) is 0 Å². The third kappa shape index (κ3) is 271. The molecule has 0 rings (SSSR count). The Balaban J connectivity index is -0.0000000112. The fraction of sp³-hybridized carbons (Fsp3) is 0. The van der Waals surface area contributed by atoms with E-state index in [2.05, 4.69) is 0 Å². The third-order valence-electron chi connectivity index (χ3n) is 0. The van der Waals surface area contributed by atoms with Gasteiger partial charge in [0.2, 0.25) is 0 Å². The molecule has 0 radical (unpaired) electrons. The van der Waals surface area contributed by atoms with Gasteiger partial charge >= 0.3 is 96.9 Å². The normalized spacial score (nSPS) is 4.00. The minimum atomic E-state index is -3.63. The minimum Gasteiger partial charge on any atom is -0.672 e. The second-order valence-electron chi connectivity index (χ2n) is 0.500. The van der Waals surface area contributed by atoms with Gasteiger partial charge < -0.3 is 33.6 Å². The first-order valence-corrected chi connectivity index (χ1v) is 3.67.